The van der Waals surface area contributed by atoms with E-state index in [-0.39, 0.29) is 12.0 Å². The maximum Gasteiger partial charge on any atom is 0.417 e. The molecular formula is C29H34N2O4. The highest BCUT2D eigenvalue weighted by Gasteiger charge is 2.28. The van der Waals surface area contributed by atoms with Gasteiger partial charge in [0, 0.05) is 25.1 Å². The molecule has 0 saturated heterocycles. The second kappa shape index (κ2) is 10.9. The number of imide groups is 1. The van der Waals surface area contributed by atoms with Crippen LogP contribution in [-0.4, -0.2) is 48.2 Å². The molecule has 0 radical (unpaired) electrons. The number of carbonyl (C=O) groups excluding carboxylic acids is 2. The van der Waals surface area contributed by atoms with Crippen LogP contribution >= 0.6 is 0 Å². The van der Waals surface area contributed by atoms with Crippen molar-refractivity contribution in [3.63, 3.8) is 0 Å². The van der Waals surface area contributed by atoms with Crippen LogP contribution in [0, 0.1) is 0 Å². The summed E-state index contributed by atoms with van der Waals surface area (Å²) in [6.45, 7) is 7.25. The van der Waals surface area contributed by atoms with Crippen molar-refractivity contribution >= 4 is 22.8 Å². The van der Waals surface area contributed by atoms with Gasteiger partial charge in [0.05, 0.1) is 0 Å². The van der Waals surface area contributed by atoms with E-state index in [0.717, 1.165) is 42.5 Å². The lowest BCUT2D eigenvalue weighted by molar-refractivity contribution is 0.0239. The Bertz CT molecular complexity index is 1150. The molecule has 3 aromatic rings. The maximum absolute atomic E-state index is 13.5. The van der Waals surface area contributed by atoms with E-state index in [2.05, 4.69) is 11.4 Å². The molecule has 0 aromatic heterocycles. The molecule has 0 fully saturated rings. The first-order valence-corrected chi connectivity index (χ1v) is 12.3. The molecular weight excluding hydrogens is 440 g/mol. The largest absolute Gasteiger partial charge is 0.488 e. The van der Waals surface area contributed by atoms with Gasteiger partial charge in [-0.1, -0.05) is 54.6 Å². The van der Waals surface area contributed by atoms with E-state index in [4.69, 9.17) is 9.47 Å². The monoisotopic (exact) mass is 474 g/mol. The van der Waals surface area contributed by atoms with Crippen LogP contribution < -0.4 is 10.1 Å². The van der Waals surface area contributed by atoms with Crippen molar-refractivity contribution in [3.05, 3.63) is 77.9 Å². The zero-order chi connectivity index (χ0) is 24.8. The van der Waals surface area contributed by atoms with E-state index >= 15 is 0 Å². The Morgan fingerprint density at radius 1 is 1.00 bits per heavy atom. The summed E-state index contributed by atoms with van der Waals surface area (Å²) < 4.78 is 11.5. The lowest BCUT2D eigenvalue weighted by Crippen LogP contribution is -2.41. The second-order valence-corrected chi connectivity index (χ2v) is 9.93. The summed E-state index contributed by atoms with van der Waals surface area (Å²) in [6.07, 6.45) is 1.94. The van der Waals surface area contributed by atoms with E-state index < -0.39 is 11.7 Å². The predicted molar refractivity (Wildman–Crippen MR) is 138 cm³/mol. The first-order valence-electron chi connectivity index (χ1n) is 12.3. The highest BCUT2D eigenvalue weighted by Crippen LogP contribution is 2.27. The molecule has 1 unspecified atom stereocenters. The van der Waals surface area contributed by atoms with Crippen LogP contribution in [-0.2, 0) is 11.2 Å². The first kappa shape index (κ1) is 24.7. The summed E-state index contributed by atoms with van der Waals surface area (Å²) in [5, 5.41) is 5.23. The summed E-state index contributed by atoms with van der Waals surface area (Å²) in [6, 6.07) is 21.4. The Kier molecular flexibility index (Phi) is 7.71. The fraction of sp³-hybridized carbons (Fsp3) is 0.379. The SMILES string of the molecule is CC(C)(C)OC(=O)N(CCCCNCC1Cc2ccccc2O1)C(=O)c1cccc2ccccc12. The molecule has 6 heteroatoms. The van der Waals surface area contributed by atoms with Crippen LogP contribution in [0.2, 0.25) is 0 Å². The Morgan fingerprint density at radius 2 is 1.74 bits per heavy atom. The number of nitrogens with one attached hydrogen (secondary N) is 1. The molecule has 1 heterocycles. The normalized spacial score (nSPS) is 14.9. The van der Waals surface area contributed by atoms with E-state index in [0.29, 0.717) is 18.5 Å². The van der Waals surface area contributed by atoms with Crippen LogP contribution in [0.4, 0.5) is 4.79 Å². The van der Waals surface area contributed by atoms with E-state index in [1.54, 1.807) is 26.8 Å². The van der Waals surface area contributed by atoms with Crippen molar-refractivity contribution in [2.45, 2.75) is 51.7 Å². The van der Waals surface area contributed by atoms with Crippen molar-refractivity contribution in [2.24, 2.45) is 0 Å². The number of carbonyl (C=O) groups is 2. The summed E-state index contributed by atoms with van der Waals surface area (Å²) in [4.78, 5) is 27.7. The molecule has 1 aliphatic rings. The number of hydrogen-bond donors (Lipinski definition) is 1. The smallest absolute Gasteiger partial charge is 0.417 e. The standard InChI is InChI=1S/C29H34N2O4/c1-29(2,3)35-28(33)31(27(32)25-15-10-13-21-11-4-6-14-24(21)25)18-9-8-17-30-20-23-19-22-12-5-7-16-26(22)34-23/h4-7,10-16,23,30H,8-9,17-20H2,1-3H3. The number of benzene rings is 3. The number of para-hydroxylation sites is 1. The van der Waals surface area contributed by atoms with Gasteiger partial charge in [-0.25, -0.2) is 9.69 Å². The van der Waals surface area contributed by atoms with Crippen LogP contribution in [0.1, 0.15) is 49.5 Å². The summed E-state index contributed by atoms with van der Waals surface area (Å²) in [5.74, 6) is 0.639. The Hall–Kier alpha value is -3.38. The van der Waals surface area contributed by atoms with Crippen molar-refractivity contribution < 1.29 is 19.1 Å². The van der Waals surface area contributed by atoms with Crippen molar-refractivity contribution in [3.8, 4) is 5.75 Å². The molecule has 2 amide bonds. The summed E-state index contributed by atoms with van der Waals surface area (Å²) in [7, 11) is 0. The van der Waals surface area contributed by atoms with Crippen molar-refractivity contribution in [1.82, 2.24) is 10.2 Å². The van der Waals surface area contributed by atoms with Gasteiger partial charge < -0.3 is 14.8 Å². The molecule has 0 aliphatic carbocycles. The third-order valence-electron chi connectivity index (χ3n) is 5.95. The van der Waals surface area contributed by atoms with Gasteiger partial charge >= 0.3 is 6.09 Å². The van der Waals surface area contributed by atoms with E-state index in [1.165, 1.54) is 10.5 Å². The van der Waals surface area contributed by atoms with Gasteiger partial charge in [0.2, 0.25) is 0 Å². The molecule has 0 saturated carbocycles. The lowest BCUT2D eigenvalue weighted by Gasteiger charge is -2.26. The third kappa shape index (κ3) is 6.40. The number of amides is 2. The second-order valence-electron chi connectivity index (χ2n) is 9.93. The molecule has 1 N–H and O–H groups in total. The molecule has 1 atom stereocenters. The zero-order valence-electron chi connectivity index (χ0n) is 20.8. The maximum atomic E-state index is 13.5. The average Bonchev–Trinajstić information content (AvgIpc) is 3.24. The van der Waals surface area contributed by atoms with Gasteiger partial charge in [0.25, 0.3) is 5.91 Å². The van der Waals surface area contributed by atoms with Gasteiger partial charge in [0.1, 0.15) is 17.5 Å². The molecule has 4 rings (SSSR count). The minimum atomic E-state index is -0.686. The molecule has 35 heavy (non-hydrogen) atoms. The quantitative estimate of drug-likeness (QED) is 0.431. The molecule has 0 spiro atoms. The van der Waals surface area contributed by atoms with Crippen LogP contribution in [0.15, 0.2) is 66.7 Å². The summed E-state index contributed by atoms with van der Waals surface area (Å²) >= 11 is 0. The topological polar surface area (TPSA) is 67.9 Å². The average molecular weight is 475 g/mol. The zero-order valence-corrected chi connectivity index (χ0v) is 20.8. The molecule has 0 bridgehead atoms. The number of hydrogen-bond acceptors (Lipinski definition) is 5. The van der Waals surface area contributed by atoms with Crippen LogP contribution in [0.5, 0.6) is 5.75 Å². The minimum Gasteiger partial charge on any atom is -0.488 e. The predicted octanol–water partition coefficient (Wildman–Crippen LogP) is 5.59. The highest BCUT2D eigenvalue weighted by atomic mass is 16.6. The van der Waals surface area contributed by atoms with Gasteiger partial charge in [-0.05, 0) is 68.6 Å². The van der Waals surface area contributed by atoms with Gasteiger partial charge in [-0.15, -0.1) is 0 Å². The van der Waals surface area contributed by atoms with E-state index in [1.807, 2.05) is 54.6 Å². The molecule has 184 valence electrons. The number of nitrogens with zero attached hydrogens (tertiary/aromatic N) is 1. The number of ether oxygens (including phenoxy) is 2. The number of fused-ring (bicyclic) bond motifs is 2. The molecule has 1 aliphatic heterocycles. The van der Waals surface area contributed by atoms with Gasteiger partial charge in [-0.3, -0.25) is 4.79 Å². The fourth-order valence-electron chi connectivity index (χ4n) is 4.30. The summed E-state index contributed by atoms with van der Waals surface area (Å²) in [5.41, 5.74) is 1.07. The first-order chi connectivity index (χ1) is 16.8. The Labute approximate surface area is 207 Å². The molecule has 6 nitrogen and oxygen atoms in total. The molecule has 3 aromatic carbocycles. The van der Waals surface area contributed by atoms with Crippen molar-refractivity contribution in [1.29, 1.82) is 0 Å². The minimum absolute atomic E-state index is 0.138. The van der Waals surface area contributed by atoms with Gasteiger partial charge in [0.15, 0.2) is 0 Å². The fourth-order valence-corrected chi connectivity index (χ4v) is 4.30. The Balaban J connectivity index is 1.33. The van der Waals surface area contributed by atoms with Crippen LogP contribution in [0.25, 0.3) is 10.8 Å². The van der Waals surface area contributed by atoms with Crippen LogP contribution in [0.3, 0.4) is 0 Å². The Morgan fingerprint density at radius 3 is 2.54 bits per heavy atom. The van der Waals surface area contributed by atoms with Crippen molar-refractivity contribution in [2.75, 3.05) is 19.6 Å². The lowest BCUT2D eigenvalue weighted by atomic mass is 10.0. The van der Waals surface area contributed by atoms with E-state index in [9.17, 15) is 9.59 Å². The highest BCUT2D eigenvalue weighted by molar-refractivity contribution is 6.11. The van der Waals surface area contributed by atoms with Gasteiger partial charge in [-0.2, -0.15) is 0 Å². The number of rotatable bonds is 8. The number of unbranched alkanes of at least 4 members (excludes halogenated alkanes) is 1. The third-order valence-corrected chi connectivity index (χ3v) is 5.95.